The Morgan fingerprint density at radius 1 is 1.17 bits per heavy atom. The minimum absolute atomic E-state index is 0.0988. The summed E-state index contributed by atoms with van der Waals surface area (Å²) in [5.74, 6) is 0.0988. The minimum Gasteiger partial charge on any atom is -0.374 e. The number of rotatable bonds is 5. The van der Waals surface area contributed by atoms with Gasteiger partial charge in [-0.1, -0.05) is 15.9 Å². The Morgan fingerprint density at radius 2 is 1.67 bits per heavy atom. The molecule has 0 aliphatic heterocycles. The van der Waals surface area contributed by atoms with Gasteiger partial charge in [0.05, 0.1) is 12.2 Å². The van der Waals surface area contributed by atoms with Crippen molar-refractivity contribution in [2.45, 2.75) is 13.8 Å². The average molecular weight is 443 g/mol. The second-order valence-corrected chi connectivity index (χ2v) is 6.29. The van der Waals surface area contributed by atoms with E-state index in [4.69, 9.17) is 0 Å². The molecule has 6 heteroatoms. The molecule has 18 heavy (non-hydrogen) atoms. The number of halogens is 3. The first-order valence-corrected chi connectivity index (χ1v) is 8.03. The summed E-state index contributed by atoms with van der Waals surface area (Å²) in [5.41, 5.74) is 0.888. The Labute approximate surface area is 133 Å². The SMILES string of the molecule is CCN(CC)C(=O)CNc1c(Br)cc(Br)cc1Br. The van der Waals surface area contributed by atoms with Crippen molar-refractivity contribution in [2.24, 2.45) is 0 Å². The Bertz CT molecular complexity index is 410. The molecule has 0 aliphatic rings. The number of likely N-dealkylation sites (N-methyl/N-ethyl adjacent to an activating group) is 1. The summed E-state index contributed by atoms with van der Waals surface area (Å²) in [6.45, 7) is 5.72. The fourth-order valence-electron chi connectivity index (χ4n) is 1.56. The fraction of sp³-hybridized carbons (Fsp3) is 0.417. The molecule has 100 valence electrons. The number of nitrogens with one attached hydrogen (secondary N) is 1. The first-order valence-electron chi connectivity index (χ1n) is 5.65. The second kappa shape index (κ2) is 7.50. The highest BCUT2D eigenvalue weighted by Crippen LogP contribution is 2.34. The van der Waals surface area contributed by atoms with Crippen LogP contribution in [-0.4, -0.2) is 30.4 Å². The van der Waals surface area contributed by atoms with Gasteiger partial charge in [0.1, 0.15) is 0 Å². The van der Waals surface area contributed by atoms with Gasteiger partial charge in [0.2, 0.25) is 5.91 Å². The van der Waals surface area contributed by atoms with E-state index in [1.165, 1.54) is 0 Å². The van der Waals surface area contributed by atoms with Crippen LogP contribution in [0.15, 0.2) is 25.6 Å². The van der Waals surface area contributed by atoms with Gasteiger partial charge >= 0.3 is 0 Å². The summed E-state index contributed by atoms with van der Waals surface area (Å²) in [4.78, 5) is 13.7. The molecule has 1 amide bonds. The number of benzene rings is 1. The van der Waals surface area contributed by atoms with Gasteiger partial charge in [-0.15, -0.1) is 0 Å². The van der Waals surface area contributed by atoms with Crippen molar-refractivity contribution in [1.29, 1.82) is 0 Å². The second-order valence-electron chi connectivity index (χ2n) is 3.66. The summed E-state index contributed by atoms with van der Waals surface area (Å²) in [7, 11) is 0. The first kappa shape index (κ1) is 16.0. The minimum atomic E-state index is 0.0988. The van der Waals surface area contributed by atoms with E-state index >= 15 is 0 Å². The molecule has 1 aromatic carbocycles. The lowest BCUT2D eigenvalue weighted by atomic mass is 10.3. The van der Waals surface area contributed by atoms with Crippen molar-refractivity contribution in [2.75, 3.05) is 25.0 Å². The van der Waals surface area contributed by atoms with Gasteiger partial charge < -0.3 is 10.2 Å². The van der Waals surface area contributed by atoms with Crippen LogP contribution in [0.1, 0.15) is 13.8 Å². The van der Waals surface area contributed by atoms with E-state index in [0.717, 1.165) is 32.2 Å². The van der Waals surface area contributed by atoms with Crippen molar-refractivity contribution in [1.82, 2.24) is 4.90 Å². The third kappa shape index (κ3) is 4.24. The molecule has 0 saturated heterocycles. The van der Waals surface area contributed by atoms with Gasteiger partial charge in [0.25, 0.3) is 0 Å². The monoisotopic (exact) mass is 440 g/mol. The summed E-state index contributed by atoms with van der Waals surface area (Å²) >= 11 is 10.4. The number of nitrogens with zero attached hydrogens (tertiary/aromatic N) is 1. The van der Waals surface area contributed by atoms with Crippen molar-refractivity contribution in [3.8, 4) is 0 Å². The Kier molecular flexibility index (Phi) is 6.66. The van der Waals surface area contributed by atoms with Crippen LogP contribution < -0.4 is 5.32 Å². The quantitative estimate of drug-likeness (QED) is 0.739. The maximum atomic E-state index is 11.9. The van der Waals surface area contributed by atoms with Gasteiger partial charge in [-0.05, 0) is 57.8 Å². The van der Waals surface area contributed by atoms with Crippen LogP contribution in [0, 0.1) is 0 Å². The molecule has 1 aromatic rings. The standard InChI is InChI=1S/C12H15Br3N2O/c1-3-17(4-2)11(18)7-16-12-9(14)5-8(13)6-10(12)15/h5-6,16H,3-4,7H2,1-2H3. The maximum Gasteiger partial charge on any atom is 0.241 e. The number of hydrogen-bond acceptors (Lipinski definition) is 2. The van der Waals surface area contributed by atoms with Gasteiger partial charge in [-0.2, -0.15) is 0 Å². The molecule has 1 rings (SSSR count). The van der Waals surface area contributed by atoms with E-state index in [2.05, 4.69) is 53.1 Å². The highest BCUT2D eigenvalue weighted by molar-refractivity contribution is 9.11. The predicted molar refractivity (Wildman–Crippen MR) is 86.0 cm³/mol. The first-order chi connectivity index (χ1) is 8.49. The number of anilines is 1. The molecule has 0 heterocycles. The molecule has 0 aliphatic carbocycles. The molecular weight excluding hydrogens is 428 g/mol. The largest absolute Gasteiger partial charge is 0.374 e. The topological polar surface area (TPSA) is 32.3 Å². The molecule has 0 spiro atoms. The van der Waals surface area contributed by atoms with Crippen molar-refractivity contribution in [3.05, 3.63) is 25.6 Å². The molecule has 0 radical (unpaired) electrons. The summed E-state index contributed by atoms with van der Waals surface area (Å²) in [6.07, 6.45) is 0. The Balaban J connectivity index is 2.72. The number of carbonyl (C=O) groups is 1. The van der Waals surface area contributed by atoms with Crippen LogP contribution in [-0.2, 0) is 4.79 Å². The predicted octanol–water partition coefficient (Wildman–Crippen LogP) is 4.25. The zero-order valence-corrected chi connectivity index (χ0v) is 15.0. The van der Waals surface area contributed by atoms with E-state index < -0.39 is 0 Å². The van der Waals surface area contributed by atoms with E-state index in [0.29, 0.717) is 6.54 Å². The average Bonchev–Trinajstić information content (AvgIpc) is 2.29. The summed E-state index contributed by atoms with van der Waals surface area (Å²) in [5, 5.41) is 3.15. The molecule has 0 aromatic heterocycles. The van der Waals surface area contributed by atoms with Crippen LogP contribution >= 0.6 is 47.8 Å². The van der Waals surface area contributed by atoms with E-state index in [1.807, 2.05) is 26.0 Å². The third-order valence-electron chi connectivity index (χ3n) is 2.54. The van der Waals surface area contributed by atoms with E-state index in [-0.39, 0.29) is 5.91 Å². The highest BCUT2D eigenvalue weighted by atomic mass is 79.9. The van der Waals surface area contributed by atoms with Gasteiger partial charge in [0.15, 0.2) is 0 Å². The lowest BCUT2D eigenvalue weighted by Crippen LogP contribution is -2.35. The zero-order valence-electron chi connectivity index (χ0n) is 10.3. The van der Waals surface area contributed by atoms with Crippen LogP contribution in [0.3, 0.4) is 0 Å². The van der Waals surface area contributed by atoms with Crippen molar-refractivity contribution in [3.63, 3.8) is 0 Å². The maximum absolute atomic E-state index is 11.9. The summed E-state index contributed by atoms with van der Waals surface area (Å²) < 4.78 is 2.80. The smallest absolute Gasteiger partial charge is 0.241 e. The number of hydrogen-bond donors (Lipinski definition) is 1. The summed E-state index contributed by atoms with van der Waals surface area (Å²) in [6, 6.07) is 3.88. The van der Waals surface area contributed by atoms with Crippen LogP contribution in [0.25, 0.3) is 0 Å². The van der Waals surface area contributed by atoms with E-state index in [9.17, 15) is 4.79 Å². The molecule has 3 nitrogen and oxygen atoms in total. The molecule has 0 atom stereocenters. The Morgan fingerprint density at radius 3 is 2.11 bits per heavy atom. The molecule has 0 bridgehead atoms. The van der Waals surface area contributed by atoms with Crippen molar-refractivity contribution >= 4 is 59.4 Å². The van der Waals surface area contributed by atoms with Crippen molar-refractivity contribution < 1.29 is 4.79 Å². The molecular formula is C12H15Br3N2O. The highest BCUT2D eigenvalue weighted by Gasteiger charge is 2.12. The number of amides is 1. The molecule has 1 N–H and O–H groups in total. The van der Waals surface area contributed by atoms with Crippen LogP contribution in [0.5, 0.6) is 0 Å². The third-order valence-corrected chi connectivity index (χ3v) is 4.25. The zero-order chi connectivity index (χ0) is 13.7. The van der Waals surface area contributed by atoms with E-state index in [1.54, 1.807) is 4.90 Å². The van der Waals surface area contributed by atoms with Crippen LogP contribution in [0.2, 0.25) is 0 Å². The fourth-order valence-corrected chi connectivity index (χ4v) is 4.10. The Hall–Kier alpha value is -0.0700. The van der Waals surface area contributed by atoms with Crippen LogP contribution in [0.4, 0.5) is 5.69 Å². The molecule has 0 saturated carbocycles. The lowest BCUT2D eigenvalue weighted by Gasteiger charge is -2.19. The normalized spacial score (nSPS) is 10.3. The number of carbonyl (C=O) groups excluding carboxylic acids is 1. The lowest BCUT2D eigenvalue weighted by molar-refractivity contribution is -0.128. The molecule has 0 unspecified atom stereocenters. The van der Waals surface area contributed by atoms with Gasteiger partial charge in [0, 0.05) is 26.5 Å². The van der Waals surface area contributed by atoms with Gasteiger partial charge in [-0.25, -0.2) is 0 Å². The molecule has 0 fully saturated rings. The van der Waals surface area contributed by atoms with Gasteiger partial charge in [-0.3, -0.25) is 4.79 Å².